The molecule has 0 unspecified atom stereocenters. The van der Waals surface area contributed by atoms with Crippen molar-refractivity contribution in [3.05, 3.63) is 12.0 Å². The van der Waals surface area contributed by atoms with Crippen LogP contribution in [0.2, 0.25) is 0 Å². The molecule has 0 atom stereocenters. The van der Waals surface area contributed by atoms with E-state index in [0.717, 1.165) is 4.90 Å². The van der Waals surface area contributed by atoms with Gasteiger partial charge in [0.2, 0.25) is 6.41 Å². The highest BCUT2D eigenvalue weighted by atomic mass is 16.2. The van der Waals surface area contributed by atoms with Crippen LogP contribution in [0.4, 0.5) is 0 Å². The number of nitrogens with zero attached hydrogens (tertiary/aromatic N) is 1. The summed E-state index contributed by atoms with van der Waals surface area (Å²) in [7, 11) is 1.36. The maximum atomic E-state index is 9.91. The van der Waals surface area contributed by atoms with Crippen LogP contribution < -0.4 is 0 Å². The largest absolute Gasteiger partial charge is 0.513 e. The zero-order valence-electron chi connectivity index (χ0n) is 4.94. The summed E-state index contributed by atoms with van der Waals surface area (Å²) in [5, 5.41) is 8.23. The van der Waals surface area contributed by atoms with E-state index in [1.165, 1.54) is 7.05 Å². The molecule has 1 amide bonds. The van der Waals surface area contributed by atoms with Crippen molar-refractivity contribution >= 4 is 12.7 Å². The molecule has 0 rings (SSSR count). The lowest BCUT2D eigenvalue weighted by atomic mass is 10.5. The monoisotopic (exact) mass is 129 g/mol. The topological polar surface area (TPSA) is 57.6 Å². The molecule has 0 saturated carbocycles. The molecule has 0 fully saturated rings. The summed E-state index contributed by atoms with van der Waals surface area (Å²) in [5.41, 5.74) is -0.0648. The van der Waals surface area contributed by atoms with Crippen molar-refractivity contribution in [3.8, 4) is 0 Å². The van der Waals surface area contributed by atoms with Crippen LogP contribution in [0, 0.1) is 0 Å². The lowest BCUT2D eigenvalue weighted by Crippen LogP contribution is -2.15. The quantitative estimate of drug-likeness (QED) is 0.322. The molecule has 4 nitrogen and oxygen atoms in total. The lowest BCUT2D eigenvalue weighted by Gasteiger charge is -2.05. The van der Waals surface area contributed by atoms with Crippen LogP contribution in [-0.4, -0.2) is 29.8 Å². The Morgan fingerprint density at radius 3 is 2.22 bits per heavy atom. The lowest BCUT2D eigenvalue weighted by molar-refractivity contribution is -0.118. The normalized spacial score (nSPS) is 10.6. The van der Waals surface area contributed by atoms with Gasteiger partial charge in [-0.15, -0.1) is 0 Å². The Morgan fingerprint density at radius 1 is 1.56 bits per heavy atom. The second-order valence-electron chi connectivity index (χ2n) is 1.39. The van der Waals surface area contributed by atoms with Crippen molar-refractivity contribution in [2.75, 3.05) is 7.05 Å². The molecule has 0 aliphatic heterocycles. The third kappa shape index (κ3) is 1.94. The van der Waals surface area contributed by atoms with Crippen molar-refractivity contribution in [2.24, 2.45) is 0 Å². The van der Waals surface area contributed by atoms with E-state index in [1.54, 1.807) is 0 Å². The molecule has 0 aliphatic rings. The van der Waals surface area contributed by atoms with E-state index in [0.29, 0.717) is 19.0 Å². The van der Waals surface area contributed by atoms with Crippen LogP contribution in [-0.2, 0) is 9.59 Å². The molecule has 0 radical (unpaired) electrons. The van der Waals surface area contributed by atoms with Gasteiger partial charge >= 0.3 is 0 Å². The average molecular weight is 129 g/mol. The number of hydrogen-bond acceptors (Lipinski definition) is 3. The van der Waals surface area contributed by atoms with Gasteiger partial charge in [-0.25, -0.2) is 0 Å². The molecule has 50 valence electrons. The van der Waals surface area contributed by atoms with E-state index in [4.69, 9.17) is 5.11 Å². The minimum atomic E-state index is -0.0648. The summed E-state index contributed by atoms with van der Waals surface area (Å²) < 4.78 is 0. The van der Waals surface area contributed by atoms with Crippen LogP contribution >= 0.6 is 0 Å². The summed E-state index contributed by atoms with van der Waals surface area (Å²) in [6, 6.07) is 0. The van der Waals surface area contributed by atoms with Crippen molar-refractivity contribution < 1.29 is 14.7 Å². The van der Waals surface area contributed by atoms with Gasteiger partial charge in [-0.1, -0.05) is 0 Å². The molecular formula is C5H7NO3. The summed E-state index contributed by atoms with van der Waals surface area (Å²) in [6.45, 7) is 0. The number of aldehydes is 1. The summed E-state index contributed by atoms with van der Waals surface area (Å²) >= 11 is 0. The van der Waals surface area contributed by atoms with Crippen LogP contribution in [0.15, 0.2) is 12.0 Å². The number of carbonyl (C=O) groups is 2. The van der Waals surface area contributed by atoms with Crippen LogP contribution in [0.25, 0.3) is 0 Å². The second-order valence-corrected chi connectivity index (χ2v) is 1.39. The van der Waals surface area contributed by atoms with Gasteiger partial charge in [0.15, 0.2) is 6.29 Å². The number of amides is 1. The van der Waals surface area contributed by atoms with E-state index < -0.39 is 0 Å². The number of likely N-dealkylation sites (N-methyl/N-ethyl adjacent to an activating group) is 1. The van der Waals surface area contributed by atoms with Gasteiger partial charge in [-0.2, -0.15) is 0 Å². The van der Waals surface area contributed by atoms with E-state index in [1.807, 2.05) is 0 Å². The molecule has 0 saturated heterocycles. The summed E-state index contributed by atoms with van der Waals surface area (Å²) in [6.07, 6.45) is 1.38. The fourth-order valence-corrected chi connectivity index (χ4v) is 0.265. The molecule has 0 bridgehead atoms. The third-order valence-electron chi connectivity index (χ3n) is 0.818. The molecule has 1 N–H and O–H groups in total. The minimum Gasteiger partial charge on any atom is -0.513 e. The standard InChI is InChI=1S/C5H7NO3/c1-6(4-9)5(2-7)3-8/h2-4,7H,1H3/b5-2+. The molecule has 9 heavy (non-hydrogen) atoms. The molecule has 0 heterocycles. The van der Waals surface area contributed by atoms with Gasteiger partial charge in [-0.3, -0.25) is 9.59 Å². The summed E-state index contributed by atoms with van der Waals surface area (Å²) in [4.78, 5) is 20.8. The van der Waals surface area contributed by atoms with Gasteiger partial charge in [-0.05, 0) is 0 Å². The minimum absolute atomic E-state index is 0.0648. The first-order valence-electron chi connectivity index (χ1n) is 2.24. The zero-order valence-corrected chi connectivity index (χ0v) is 4.94. The van der Waals surface area contributed by atoms with E-state index in [9.17, 15) is 9.59 Å². The fraction of sp³-hybridized carbons (Fsp3) is 0.200. The molecular weight excluding hydrogens is 122 g/mol. The number of carbonyl (C=O) groups excluding carboxylic acids is 2. The SMILES string of the molecule is CN(C=O)/C(C=O)=C/O. The molecule has 0 aromatic heterocycles. The Bertz CT molecular complexity index is 141. The predicted octanol–water partition coefficient (Wildman–Crippen LogP) is -0.327. The Hall–Kier alpha value is -1.32. The van der Waals surface area contributed by atoms with Crippen LogP contribution in [0.1, 0.15) is 0 Å². The Kier molecular flexibility index (Phi) is 3.12. The first-order chi connectivity index (χ1) is 4.26. The molecule has 0 aliphatic carbocycles. The van der Waals surface area contributed by atoms with Gasteiger partial charge in [0.1, 0.15) is 12.0 Å². The maximum Gasteiger partial charge on any atom is 0.214 e. The number of allylic oxidation sites excluding steroid dienone is 1. The van der Waals surface area contributed by atoms with Crippen molar-refractivity contribution in [3.63, 3.8) is 0 Å². The van der Waals surface area contributed by atoms with E-state index >= 15 is 0 Å². The first-order valence-corrected chi connectivity index (χ1v) is 2.24. The fourth-order valence-electron chi connectivity index (χ4n) is 0.265. The second kappa shape index (κ2) is 3.65. The van der Waals surface area contributed by atoms with Crippen LogP contribution in [0.5, 0.6) is 0 Å². The third-order valence-corrected chi connectivity index (χ3v) is 0.818. The molecule has 4 heteroatoms. The van der Waals surface area contributed by atoms with Gasteiger partial charge in [0.05, 0.1) is 0 Å². The number of aliphatic hydroxyl groups is 1. The Morgan fingerprint density at radius 2 is 2.11 bits per heavy atom. The number of rotatable bonds is 3. The molecule has 0 aromatic rings. The highest BCUT2D eigenvalue weighted by Crippen LogP contribution is 1.89. The number of hydrogen-bond donors (Lipinski definition) is 1. The predicted molar refractivity (Wildman–Crippen MR) is 30.6 cm³/mol. The first kappa shape index (κ1) is 7.68. The Labute approximate surface area is 52.4 Å². The van der Waals surface area contributed by atoms with Crippen LogP contribution in [0.3, 0.4) is 0 Å². The Balaban J connectivity index is 4.11. The van der Waals surface area contributed by atoms with Crippen molar-refractivity contribution in [1.82, 2.24) is 4.90 Å². The highest BCUT2D eigenvalue weighted by molar-refractivity contribution is 5.76. The van der Waals surface area contributed by atoms with Gasteiger partial charge in [0.25, 0.3) is 0 Å². The van der Waals surface area contributed by atoms with Crippen molar-refractivity contribution in [2.45, 2.75) is 0 Å². The van der Waals surface area contributed by atoms with Crippen molar-refractivity contribution in [1.29, 1.82) is 0 Å². The number of aliphatic hydroxyl groups excluding tert-OH is 1. The maximum absolute atomic E-state index is 9.91. The molecule has 0 aromatic carbocycles. The van der Waals surface area contributed by atoms with Gasteiger partial charge in [0, 0.05) is 7.05 Å². The van der Waals surface area contributed by atoms with E-state index in [2.05, 4.69) is 0 Å². The molecule has 0 spiro atoms. The van der Waals surface area contributed by atoms with E-state index in [-0.39, 0.29) is 5.70 Å². The zero-order chi connectivity index (χ0) is 7.28. The highest BCUT2D eigenvalue weighted by Gasteiger charge is 1.98. The van der Waals surface area contributed by atoms with Gasteiger partial charge < -0.3 is 10.0 Å². The summed E-state index contributed by atoms with van der Waals surface area (Å²) in [5.74, 6) is 0. The smallest absolute Gasteiger partial charge is 0.214 e. The average Bonchev–Trinajstić information content (AvgIpc) is 1.90.